The van der Waals surface area contributed by atoms with Crippen LogP contribution in [-0.4, -0.2) is 34.8 Å². The Morgan fingerprint density at radius 1 is 1.45 bits per heavy atom. The number of piperazine rings is 1. The Labute approximate surface area is 127 Å². The third-order valence-electron chi connectivity index (χ3n) is 3.56. The fraction of sp³-hybridized carbons (Fsp3) is 0.538. The van der Waals surface area contributed by atoms with Crippen molar-refractivity contribution in [2.75, 3.05) is 6.54 Å². The first-order valence-corrected chi connectivity index (χ1v) is 7.54. The van der Waals surface area contributed by atoms with Crippen molar-refractivity contribution < 1.29 is 9.59 Å². The highest BCUT2D eigenvalue weighted by Crippen LogP contribution is 2.36. The second kappa shape index (κ2) is 5.44. The minimum atomic E-state index is -0.803. The number of nitrogens with two attached hydrogens (primary N) is 1. The molecule has 110 valence electrons. The molecular weight excluding hydrogens is 298 g/mol. The van der Waals surface area contributed by atoms with Gasteiger partial charge in [-0.25, -0.2) is 0 Å². The number of halogens is 1. The molecule has 0 bridgehead atoms. The highest BCUT2D eigenvalue weighted by atomic mass is 35.5. The molecular formula is C13H18ClN3O2S. The van der Waals surface area contributed by atoms with Crippen LogP contribution in [0.1, 0.15) is 31.7 Å². The minimum absolute atomic E-state index is 0.139. The van der Waals surface area contributed by atoms with Crippen LogP contribution in [0.2, 0.25) is 4.34 Å². The summed E-state index contributed by atoms with van der Waals surface area (Å²) in [6.45, 7) is 5.59. The van der Waals surface area contributed by atoms with Crippen molar-refractivity contribution in [2.45, 2.75) is 38.4 Å². The predicted molar refractivity (Wildman–Crippen MR) is 79.7 cm³/mol. The van der Waals surface area contributed by atoms with Gasteiger partial charge in [-0.15, -0.1) is 11.3 Å². The van der Waals surface area contributed by atoms with E-state index in [9.17, 15) is 9.59 Å². The van der Waals surface area contributed by atoms with Crippen LogP contribution in [0.5, 0.6) is 0 Å². The van der Waals surface area contributed by atoms with Crippen molar-refractivity contribution in [1.29, 1.82) is 0 Å². The summed E-state index contributed by atoms with van der Waals surface area (Å²) in [5.74, 6) is -0.607. The van der Waals surface area contributed by atoms with Crippen LogP contribution in [0, 0.1) is 0 Å². The lowest BCUT2D eigenvalue weighted by Crippen LogP contribution is -2.66. The Balaban J connectivity index is 2.42. The smallest absolute Gasteiger partial charge is 0.246 e. The van der Waals surface area contributed by atoms with E-state index in [1.807, 2.05) is 17.9 Å². The van der Waals surface area contributed by atoms with E-state index >= 15 is 0 Å². The van der Waals surface area contributed by atoms with Crippen molar-refractivity contribution in [3.8, 4) is 0 Å². The van der Waals surface area contributed by atoms with Gasteiger partial charge in [0, 0.05) is 10.9 Å². The standard InChI is InChI=1S/C13H18ClN3O2S/c1-7(15)11(8-4-5-9(14)20-8)17-6-10(18)16-12(19)13(17,2)3/h4-5,7,11H,6,15H2,1-3H3,(H,16,18,19). The Kier molecular flexibility index (Phi) is 4.20. The SMILES string of the molecule is CC(N)C(c1ccc(Cl)s1)N1CC(=O)NC(=O)C1(C)C. The summed E-state index contributed by atoms with van der Waals surface area (Å²) in [4.78, 5) is 26.6. The highest BCUT2D eigenvalue weighted by molar-refractivity contribution is 7.16. The van der Waals surface area contributed by atoms with E-state index in [-0.39, 0.29) is 30.4 Å². The molecule has 20 heavy (non-hydrogen) atoms. The van der Waals surface area contributed by atoms with Crippen molar-refractivity contribution >= 4 is 34.8 Å². The van der Waals surface area contributed by atoms with E-state index in [1.165, 1.54) is 11.3 Å². The third-order valence-corrected chi connectivity index (χ3v) is 4.86. The number of imide groups is 1. The van der Waals surface area contributed by atoms with Crippen molar-refractivity contribution in [2.24, 2.45) is 5.73 Å². The van der Waals surface area contributed by atoms with Gasteiger partial charge in [0.15, 0.2) is 0 Å². The number of carbonyl (C=O) groups excluding carboxylic acids is 2. The van der Waals surface area contributed by atoms with E-state index < -0.39 is 5.54 Å². The Bertz CT molecular complexity index is 541. The van der Waals surface area contributed by atoms with Crippen molar-refractivity contribution in [3.63, 3.8) is 0 Å². The van der Waals surface area contributed by atoms with E-state index in [2.05, 4.69) is 5.32 Å². The first kappa shape index (κ1) is 15.4. The molecule has 1 fully saturated rings. The van der Waals surface area contributed by atoms with Crippen LogP contribution >= 0.6 is 22.9 Å². The van der Waals surface area contributed by atoms with E-state index in [4.69, 9.17) is 17.3 Å². The average molecular weight is 316 g/mol. The lowest BCUT2D eigenvalue weighted by molar-refractivity contribution is -0.147. The second-order valence-electron chi connectivity index (χ2n) is 5.51. The average Bonchev–Trinajstić information content (AvgIpc) is 2.72. The fourth-order valence-electron chi connectivity index (χ4n) is 2.43. The first-order valence-electron chi connectivity index (χ1n) is 6.35. The van der Waals surface area contributed by atoms with Crippen molar-refractivity contribution in [1.82, 2.24) is 10.2 Å². The largest absolute Gasteiger partial charge is 0.326 e. The van der Waals surface area contributed by atoms with Gasteiger partial charge in [0.2, 0.25) is 11.8 Å². The molecule has 2 unspecified atom stereocenters. The van der Waals surface area contributed by atoms with Gasteiger partial charge in [-0.05, 0) is 32.9 Å². The molecule has 0 radical (unpaired) electrons. The maximum Gasteiger partial charge on any atom is 0.246 e. The number of rotatable bonds is 3. The number of amides is 2. The first-order chi connectivity index (χ1) is 9.23. The summed E-state index contributed by atoms with van der Waals surface area (Å²) in [6.07, 6.45) is 0. The molecule has 2 atom stereocenters. The van der Waals surface area contributed by atoms with Crippen LogP contribution in [0.15, 0.2) is 12.1 Å². The summed E-state index contributed by atoms with van der Waals surface area (Å²) < 4.78 is 0.663. The lowest BCUT2D eigenvalue weighted by Gasteiger charge is -2.45. The molecule has 0 spiro atoms. The second-order valence-corrected chi connectivity index (χ2v) is 7.26. The van der Waals surface area contributed by atoms with Crippen LogP contribution in [-0.2, 0) is 9.59 Å². The minimum Gasteiger partial charge on any atom is -0.326 e. The third kappa shape index (κ3) is 2.74. The number of carbonyl (C=O) groups is 2. The maximum absolute atomic E-state index is 12.1. The molecule has 3 N–H and O–H groups in total. The lowest BCUT2D eigenvalue weighted by atomic mass is 9.93. The van der Waals surface area contributed by atoms with Gasteiger partial charge in [0.05, 0.1) is 22.5 Å². The summed E-state index contributed by atoms with van der Waals surface area (Å²) in [6, 6.07) is 3.24. The van der Waals surface area contributed by atoms with Crippen LogP contribution in [0.25, 0.3) is 0 Å². The molecule has 7 heteroatoms. The van der Waals surface area contributed by atoms with E-state index in [0.29, 0.717) is 4.34 Å². The molecule has 1 aliphatic heterocycles. The van der Waals surface area contributed by atoms with Crippen molar-refractivity contribution in [3.05, 3.63) is 21.3 Å². The molecule has 0 saturated carbocycles. The topological polar surface area (TPSA) is 75.4 Å². The van der Waals surface area contributed by atoms with Crippen LogP contribution in [0.3, 0.4) is 0 Å². The van der Waals surface area contributed by atoms with Gasteiger partial charge in [-0.2, -0.15) is 0 Å². The predicted octanol–water partition coefficient (Wildman–Crippen LogP) is 1.53. The zero-order chi connectivity index (χ0) is 15.1. The molecule has 1 aromatic rings. The van der Waals surface area contributed by atoms with Gasteiger partial charge in [0.25, 0.3) is 0 Å². The van der Waals surface area contributed by atoms with Gasteiger partial charge >= 0.3 is 0 Å². The highest BCUT2D eigenvalue weighted by Gasteiger charge is 2.45. The normalized spacial score (nSPS) is 22.4. The van der Waals surface area contributed by atoms with E-state index in [0.717, 1.165) is 4.88 Å². The van der Waals surface area contributed by atoms with Gasteiger partial charge in [-0.3, -0.25) is 19.8 Å². The number of nitrogens with one attached hydrogen (secondary N) is 1. The molecule has 1 saturated heterocycles. The molecule has 2 heterocycles. The maximum atomic E-state index is 12.1. The van der Waals surface area contributed by atoms with Gasteiger partial charge < -0.3 is 5.73 Å². The molecule has 5 nitrogen and oxygen atoms in total. The fourth-order valence-corrected chi connectivity index (χ4v) is 3.72. The van der Waals surface area contributed by atoms with Gasteiger partial charge in [-0.1, -0.05) is 11.6 Å². The molecule has 2 amide bonds. The number of thiophene rings is 1. The summed E-state index contributed by atoms with van der Waals surface area (Å²) >= 11 is 7.41. The summed E-state index contributed by atoms with van der Waals surface area (Å²) in [5, 5.41) is 2.37. The summed E-state index contributed by atoms with van der Waals surface area (Å²) in [7, 11) is 0. The van der Waals surface area contributed by atoms with E-state index in [1.54, 1.807) is 19.9 Å². The Morgan fingerprint density at radius 3 is 2.60 bits per heavy atom. The molecule has 1 aromatic heterocycles. The zero-order valence-corrected chi connectivity index (χ0v) is 13.2. The molecule has 0 aromatic carbocycles. The zero-order valence-electron chi connectivity index (χ0n) is 11.6. The quantitative estimate of drug-likeness (QED) is 0.829. The molecule has 2 rings (SSSR count). The summed E-state index contributed by atoms with van der Waals surface area (Å²) in [5.41, 5.74) is 5.30. The van der Waals surface area contributed by atoms with Gasteiger partial charge in [0.1, 0.15) is 0 Å². The Hall–Kier alpha value is -0.950. The molecule has 0 aliphatic carbocycles. The number of hydrogen-bond acceptors (Lipinski definition) is 5. The van der Waals surface area contributed by atoms with Crippen LogP contribution < -0.4 is 11.1 Å². The monoisotopic (exact) mass is 315 g/mol. The Morgan fingerprint density at radius 2 is 2.10 bits per heavy atom. The number of nitrogens with zero attached hydrogens (tertiary/aromatic N) is 1. The molecule has 1 aliphatic rings. The van der Waals surface area contributed by atoms with Crippen LogP contribution in [0.4, 0.5) is 0 Å². The number of hydrogen-bond donors (Lipinski definition) is 2.